The van der Waals surface area contributed by atoms with Gasteiger partial charge >= 0.3 is 5.97 Å². The summed E-state index contributed by atoms with van der Waals surface area (Å²) in [7, 11) is 3.16. The van der Waals surface area contributed by atoms with E-state index in [1.165, 1.54) is 4.90 Å². The zero-order chi connectivity index (χ0) is 27.5. The normalized spacial score (nSPS) is 20.1. The van der Waals surface area contributed by atoms with Crippen LogP contribution in [-0.4, -0.2) is 54.7 Å². The van der Waals surface area contributed by atoms with Gasteiger partial charge in [0.05, 0.1) is 13.7 Å². The summed E-state index contributed by atoms with van der Waals surface area (Å²) in [6, 6.07) is 23.6. The van der Waals surface area contributed by atoms with Crippen molar-refractivity contribution in [1.29, 1.82) is 0 Å². The molecule has 0 unspecified atom stereocenters. The minimum absolute atomic E-state index is 0.135. The van der Waals surface area contributed by atoms with Gasteiger partial charge < -0.3 is 24.8 Å². The first-order valence-corrected chi connectivity index (χ1v) is 12.7. The molecule has 2 N–H and O–H groups in total. The first kappa shape index (κ1) is 27.2. The Kier molecular flexibility index (Phi) is 7.78. The fourth-order valence-corrected chi connectivity index (χ4v) is 5.09. The molecule has 0 bridgehead atoms. The quantitative estimate of drug-likeness (QED) is 0.416. The Morgan fingerprint density at radius 3 is 2.21 bits per heavy atom. The number of anilines is 1. The molecule has 0 aliphatic carbocycles. The van der Waals surface area contributed by atoms with Gasteiger partial charge in [-0.2, -0.15) is 0 Å². The zero-order valence-corrected chi connectivity index (χ0v) is 22.6. The highest BCUT2D eigenvalue weighted by atomic mass is 16.5. The van der Waals surface area contributed by atoms with Gasteiger partial charge in [0.15, 0.2) is 0 Å². The first-order chi connectivity index (χ1) is 18.1. The fourth-order valence-electron chi connectivity index (χ4n) is 5.09. The maximum Gasteiger partial charge on any atom is 0.326 e. The van der Waals surface area contributed by atoms with Crippen molar-refractivity contribution in [3.05, 3.63) is 84.4 Å². The third kappa shape index (κ3) is 5.53. The number of nitrogens with zero attached hydrogens (tertiary/aromatic N) is 1. The van der Waals surface area contributed by atoms with Crippen molar-refractivity contribution < 1.29 is 24.2 Å². The number of amides is 1. The molecule has 38 heavy (non-hydrogen) atoms. The smallest absolute Gasteiger partial charge is 0.326 e. The molecule has 0 aromatic heterocycles. The summed E-state index contributed by atoms with van der Waals surface area (Å²) in [6.07, 6.45) is 0.158. The van der Waals surface area contributed by atoms with Crippen LogP contribution in [0.25, 0.3) is 11.1 Å². The lowest BCUT2D eigenvalue weighted by Crippen LogP contribution is -2.53. The number of rotatable bonds is 8. The number of likely N-dealkylation sites (tertiary alicyclic amines) is 1. The monoisotopic (exact) mass is 516 g/mol. The standard InChI is InChI=1S/C31H36N2O5/c1-30(2,3)27(32-24-12-9-13-25(18-24)37-4)28(34)33-20-31(38-5,19-26(33)29(35)36)23-16-14-22(15-17-23)21-10-7-6-8-11-21/h6-18,26-27,32H,19-20H2,1-5H3,(H,35,36)/t26-,27-,31-/m0/s1. The SMILES string of the molecule is COc1cccc(N[C@@H](C(=O)N2C[C@](OC)(c3ccc(-c4ccccc4)cc3)C[C@H]2C(=O)O)C(C)(C)C)c1. The lowest BCUT2D eigenvalue weighted by atomic mass is 9.85. The van der Waals surface area contributed by atoms with Crippen LogP contribution in [0.4, 0.5) is 5.69 Å². The van der Waals surface area contributed by atoms with Gasteiger partial charge in [-0.1, -0.05) is 81.4 Å². The second kappa shape index (κ2) is 10.9. The van der Waals surface area contributed by atoms with Gasteiger partial charge in [-0.05, 0) is 34.2 Å². The zero-order valence-electron chi connectivity index (χ0n) is 22.6. The van der Waals surface area contributed by atoms with Crippen LogP contribution in [0.5, 0.6) is 5.75 Å². The summed E-state index contributed by atoms with van der Waals surface area (Å²) >= 11 is 0. The summed E-state index contributed by atoms with van der Waals surface area (Å²) in [5, 5.41) is 13.5. The van der Waals surface area contributed by atoms with E-state index in [1.54, 1.807) is 14.2 Å². The lowest BCUT2D eigenvalue weighted by Gasteiger charge is -2.36. The summed E-state index contributed by atoms with van der Waals surface area (Å²) in [5.41, 5.74) is 2.27. The molecule has 1 aliphatic rings. The Balaban J connectivity index is 1.65. The van der Waals surface area contributed by atoms with Crippen LogP contribution in [0, 0.1) is 5.41 Å². The van der Waals surface area contributed by atoms with Crippen molar-refractivity contribution in [3.8, 4) is 16.9 Å². The second-order valence-electron chi connectivity index (χ2n) is 10.8. The minimum atomic E-state index is -1.05. The molecule has 0 radical (unpaired) electrons. The highest BCUT2D eigenvalue weighted by Gasteiger charge is 2.52. The van der Waals surface area contributed by atoms with E-state index in [0.29, 0.717) is 5.75 Å². The largest absolute Gasteiger partial charge is 0.497 e. The molecule has 1 fully saturated rings. The van der Waals surface area contributed by atoms with E-state index in [-0.39, 0.29) is 18.9 Å². The van der Waals surface area contributed by atoms with Gasteiger partial charge in [0.1, 0.15) is 23.4 Å². The van der Waals surface area contributed by atoms with E-state index in [2.05, 4.69) is 5.32 Å². The van der Waals surface area contributed by atoms with Crippen LogP contribution >= 0.6 is 0 Å². The summed E-state index contributed by atoms with van der Waals surface area (Å²) in [6.45, 7) is 6.01. The van der Waals surface area contributed by atoms with Crippen LogP contribution in [0.2, 0.25) is 0 Å². The predicted molar refractivity (Wildman–Crippen MR) is 148 cm³/mol. The highest BCUT2D eigenvalue weighted by Crippen LogP contribution is 2.41. The van der Waals surface area contributed by atoms with Crippen molar-refractivity contribution in [2.24, 2.45) is 5.41 Å². The maximum atomic E-state index is 14.1. The fraction of sp³-hybridized carbons (Fsp3) is 0.355. The number of carbonyl (C=O) groups is 2. The molecule has 3 aromatic rings. The summed E-state index contributed by atoms with van der Waals surface area (Å²) in [4.78, 5) is 27.9. The van der Waals surface area contributed by atoms with E-state index in [0.717, 1.165) is 22.4 Å². The molecule has 1 heterocycles. The van der Waals surface area contributed by atoms with E-state index in [9.17, 15) is 14.7 Å². The van der Waals surface area contributed by atoms with E-state index in [4.69, 9.17) is 9.47 Å². The number of carboxylic acids is 1. The number of methoxy groups -OCH3 is 2. The Morgan fingerprint density at radius 1 is 0.974 bits per heavy atom. The number of hydrogen-bond acceptors (Lipinski definition) is 5. The molecule has 1 saturated heterocycles. The number of benzene rings is 3. The van der Waals surface area contributed by atoms with Crippen molar-refractivity contribution in [3.63, 3.8) is 0 Å². The van der Waals surface area contributed by atoms with E-state index >= 15 is 0 Å². The molecular formula is C31H36N2O5. The molecular weight excluding hydrogens is 480 g/mol. The molecule has 0 spiro atoms. The molecule has 0 saturated carbocycles. The molecule has 7 heteroatoms. The Morgan fingerprint density at radius 2 is 1.63 bits per heavy atom. The first-order valence-electron chi connectivity index (χ1n) is 12.7. The van der Waals surface area contributed by atoms with Crippen LogP contribution in [0.3, 0.4) is 0 Å². The topological polar surface area (TPSA) is 88.1 Å². The molecule has 7 nitrogen and oxygen atoms in total. The van der Waals surface area contributed by atoms with Crippen LogP contribution in [0.1, 0.15) is 32.8 Å². The van der Waals surface area contributed by atoms with Crippen molar-refractivity contribution in [2.75, 3.05) is 26.1 Å². The summed E-state index contributed by atoms with van der Waals surface area (Å²) < 4.78 is 11.3. The number of ether oxygens (including phenoxy) is 2. The molecule has 3 aromatic carbocycles. The van der Waals surface area contributed by atoms with Gasteiger partial charge in [0.25, 0.3) is 0 Å². The Bertz CT molecular complexity index is 1270. The van der Waals surface area contributed by atoms with E-state index in [1.807, 2.05) is 99.6 Å². The molecule has 3 atom stereocenters. The van der Waals surface area contributed by atoms with E-state index < -0.39 is 29.1 Å². The number of aliphatic carboxylic acids is 1. The second-order valence-corrected chi connectivity index (χ2v) is 10.8. The van der Waals surface area contributed by atoms with Gasteiger partial charge in [0, 0.05) is 25.3 Å². The summed E-state index contributed by atoms with van der Waals surface area (Å²) in [5.74, 6) is -0.670. The predicted octanol–water partition coefficient (Wildman–Crippen LogP) is 5.42. The number of hydrogen-bond donors (Lipinski definition) is 2. The highest BCUT2D eigenvalue weighted by molar-refractivity contribution is 5.90. The van der Waals surface area contributed by atoms with Crippen LogP contribution in [0.15, 0.2) is 78.9 Å². The van der Waals surface area contributed by atoms with Crippen LogP contribution in [-0.2, 0) is 19.9 Å². The van der Waals surface area contributed by atoms with Gasteiger partial charge in [-0.3, -0.25) is 4.79 Å². The Hall–Kier alpha value is -3.84. The van der Waals surface area contributed by atoms with Crippen molar-refractivity contribution in [2.45, 2.75) is 44.9 Å². The average molecular weight is 517 g/mol. The van der Waals surface area contributed by atoms with Crippen molar-refractivity contribution in [1.82, 2.24) is 4.90 Å². The Labute approximate surface area is 224 Å². The number of carbonyl (C=O) groups excluding carboxylic acids is 1. The maximum absolute atomic E-state index is 14.1. The molecule has 1 amide bonds. The average Bonchev–Trinajstić information content (AvgIpc) is 3.33. The minimum Gasteiger partial charge on any atom is -0.497 e. The van der Waals surface area contributed by atoms with Crippen molar-refractivity contribution >= 4 is 17.6 Å². The molecule has 4 rings (SSSR count). The third-order valence-electron chi connectivity index (χ3n) is 7.30. The number of nitrogens with one attached hydrogen (secondary N) is 1. The van der Waals surface area contributed by atoms with Gasteiger partial charge in [-0.25, -0.2) is 4.79 Å². The van der Waals surface area contributed by atoms with Gasteiger partial charge in [-0.15, -0.1) is 0 Å². The molecule has 1 aliphatic heterocycles. The third-order valence-corrected chi connectivity index (χ3v) is 7.30. The molecule has 200 valence electrons. The lowest BCUT2D eigenvalue weighted by molar-refractivity contribution is -0.149. The number of carboxylic acid groups (broad SMARTS) is 1. The van der Waals surface area contributed by atoms with Crippen LogP contribution < -0.4 is 10.1 Å². The van der Waals surface area contributed by atoms with Gasteiger partial charge in [0.2, 0.25) is 5.91 Å².